The summed E-state index contributed by atoms with van der Waals surface area (Å²) >= 11 is 3.48. The molecule has 0 N–H and O–H groups in total. The number of hydrogen-bond acceptors (Lipinski definition) is 2. The molecule has 2 aliphatic rings. The molecule has 6 rings (SSSR count). The van der Waals surface area contributed by atoms with Gasteiger partial charge in [-0.1, -0.05) is 28.1 Å². The largest absolute Gasteiger partial charge is 0.344 e. The first-order valence-electron chi connectivity index (χ1n) is 11.2. The number of aromatic nitrogens is 3. The van der Waals surface area contributed by atoms with Crippen molar-refractivity contribution in [2.24, 2.45) is 11.8 Å². The van der Waals surface area contributed by atoms with E-state index in [0.717, 1.165) is 28.0 Å². The third-order valence-electron chi connectivity index (χ3n) is 7.07. The van der Waals surface area contributed by atoms with Gasteiger partial charge in [0.2, 0.25) is 0 Å². The van der Waals surface area contributed by atoms with Crippen LogP contribution < -0.4 is 4.57 Å². The standard InChI is InChI=1S/C27H23BrN3O2/c28-20-7-5-18(6-8-20)15-29-13-9-19(10-14-29)25(21-16-30-11-1-3-23(30)26(21)32)22-17-31-12-2-4-24(31)27(22)33/h1-14,21-22,25H,15-17H2/q+1/t21-,22+,25?. The van der Waals surface area contributed by atoms with E-state index in [0.29, 0.717) is 13.1 Å². The Morgan fingerprint density at radius 1 is 0.818 bits per heavy atom. The molecular weight excluding hydrogens is 478 g/mol. The summed E-state index contributed by atoms with van der Waals surface area (Å²) in [7, 11) is 0. The summed E-state index contributed by atoms with van der Waals surface area (Å²) in [6.45, 7) is 2.01. The van der Waals surface area contributed by atoms with Gasteiger partial charge in [0.15, 0.2) is 30.5 Å². The molecule has 0 bridgehead atoms. The van der Waals surface area contributed by atoms with Crippen molar-refractivity contribution in [1.82, 2.24) is 9.13 Å². The van der Waals surface area contributed by atoms with Crippen LogP contribution in [0.5, 0.6) is 0 Å². The zero-order valence-corrected chi connectivity index (χ0v) is 19.6. The fraction of sp³-hybridized carbons (Fsp3) is 0.222. The number of ketones is 2. The summed E-state index contributed by atoms with van der Waals surface area (Å²) in [5.41, 5.74) is 3.76. The van der Waals surface area contributed by atoms with Gasteiger partial charge in [0, 0.05) is 65.4 Å². The molecule has 2 aliphatic heterocycles. The predicted octanol–water partition coefficient (Wildman–Crippen LogP) is 4.50. The van der Waals surface area contributed by atoms with Gasteiger partial charge < -0.3 is 9.13 Å². The van der Waals surface area contributed by atoms with E-state index in [1.54, 1.807) is 0 Å². The Hall–Kier alpha value is -3.25. The molecule has 0 spiro atoms. The van der Waals surface area contributed by atoms with Gasteiger partial charge in [0.25, 0.3) is 0 Å². The van der Waals surface area contributed by atoms with Crippen molar-refractivity contribution in [2.75, 3.05) is 0 Å². The van der Waals surface area contributed by atoms with Crippen molar-refractivity contribution in [3.05, 3.63) is 112 Å². The Labute approximate surface area is 200 Å². The van der Waals surface area contributed by atoms with Gasteiger partial charge in [-0.2, -0.15) is 0 Å². The van der Waals surface area contributed by atoms with E-state index in [2.05, 4.69) is 57.2 Å². The number of benzene rings is 1. The topological polar surface area (TPSA) is 47.9 Å². The fourth-order valence-corrected chi connectivity index (χ4v) is 5.72. The first-order chi connectivity index (χ1) is 16.1. The van der Waals surface area contributed by atoms with Crippen molar-refractivity contribution in [2.45, 2.75) is 25.6 Å². The minimum atomic E-state index is -0.234. The Morgan fingerprint density at radius 2 is 1.36 bits per heavy atom. The molecule has 4 aromatic rings. The van der Waals surface area contributed by atoms with Gasteiger partial charge in [0.1, 0.15) is 0 Å². The van der Waals surface area contributed by atoms with Gasteiger partial charge in [-0.25, -0.2) is 4.57 Å². The number of carbonyl (C=O) groups excluding carboxylic acids is 2. The molecule has 3 atom stereocenters. The van der Waals surface area contributed by atoms with Gasteiger partial charge in [-0.3, -0.25) is 9.59 Å². The highest BCUT2D eigenvalue weighted by Gasteiger charge is 2.46. The maximum Gasteiger partial charge on any atom is 0.184 e. The Morgan fingerprint density at radius 3 is 1.88 bits per heavy atom. The van der Waals surface area contributed by atoms with Crippen molar-refractivity contribution >= 4 is 27.5 Å². The summed E-state index contributed by atoms with van der Waals surface area (Å²) in [6, 6.07) is 20.1. The normalized spacial score (nSPS) is 20.2. The lowest BCUT2D eigenvalue weighted by atomic mass is 9.74. The number of rotatable bonds is 5. The van der Waals surface area contributed by atoms with Crippen LogP contribution in [0.4, 0.5) is 0 Å². The van der Waals surface area contributed by atoms with Crippen molar-refractivity contribution in [1.29, 1.82) is 0 Å². The number of Topliss-reactive ketones (excluding diaryl/α,β-unsaturated/α-hetero) is 2. The van der Waals surface area contributed by atoms with Crippen molar-refractivity contribution in [3.8, 4) is 0 Å². The average Bonchev–Trinajstić information content (AvgIpc) is 3.58. The molecule has 0 saturated heterocycles. The van der Waals surface area contributed by atoms with Crippen LogP contribution in [0.2, 0.25) is 0 Å². The number of pyridine rings is 1. The predicted molar refractivity (Wildman–Crippen MR) is 127 cm³/mol. The lowest BCUT2D eigenvalue weighted by Gasteiger charge is -2.27. The highest BCUT2D eigenvalue weighted by molar-refractivity contribution is 9.10. The number of carbonyl (C=O) groups is 2. The van der Waals surface area contributed by atoms with E-state index in [-0.39, 0.29) is 29.3 Å². The zero-order chi connectivity index (χ0) is 22.5. The summed E-state index contributed by atoms with van der Waals surface area (Å²) in [6.07, 6.45) is 8.04. The molecule has 0 aliphatic carbocycles. The smallest absolute Gasteiger partial charge is 0.184 e. The monoisotopic (exact) mass is 500 g/mol. The first kappa shape index (κ1) is 20.4. The molecule has 1 aromatic carbocycles. The number of nitrogens with zero attached hydrogens (tertiary/aromatic N) is 3. The van der Waals surface area contributed by atoms with E-state index in [4.69, 9.17) is 0 Å². The third-order valence-corrected chi connectivity index (χ3v) is 7.60. The number of hydrogen-bond donors (Lipinski definition) is 0. The van der Waals surface area contributed by atoms with E-state index >= 15 is 0 Å². The van der Waals surface area contributed by atoms with Crippen molar-refractivity contribution < 1.29 is 14.2 Å². The molecule has 33 heavy (non-hydrogen) atoms. The maximum atomic E-state index is 13.3. The van der Waals surface area contributed by atoms with Crippen LogP contribution in [-0.2, 0) is 19.6 Å². The second-order valence-electron chi connectivity index (χ2n) is 8.99. The van der Waals surface area contributed by atoms with E-state index in [1.165, 1.54) is 5.56 Å². The fourth-order valence-electron chi connectivity index (χ4n) is 5.46. The van der Waals surface area contributed by atoms with Crippen molar-refractivity contribution in [3.63, 3.8) is 0 Å². The number of fused-ring (bicyclic) bond motifs is 2. The second-order valence-corrected chi connectivity index (χ2v) is 9.90. The van der Waals surface area contributed by atoms with Gasteiger partial charge in [-0.05, 0) is 42.0 Å². The molecule has 1 unspecified atom stereocenters. The summed E-state index contributed by atoms with van der Waals surface area (Å²) in [4.78, 5) is 26.7. The summed E-state index contributed by atoms with van der Waals surface area (Å²) in [5.74, 6) is -0.349. The molecule has 0 fully saturated rings. The highest BCUT2D eigenvalue weighted by atomic mass is 79.9. The molecule has 5 nitrogen and oxygen atoms in total. The van der Waals surface area contributed by atoms with Crippen LogP contribution in [0.3, 0.4) is 0 Å². The van der Waals surface area contributed by atoms with Gasteiger partial charge >= 0.3 is 0 Å². The van der Waals surface area contributed by atoms with Gasteiger partial charge in [0.05, 0.1) is 11.4 Å². The van der Waals surface area contributed by atoms with Gasteiger partial charge in [-0.15, -0.1) is 0 Å². The lowest BCUT2D eigenvalue weighted by Crippen LogP contribution is -2.35. The summed E-state index contributed by atoms with van der Waals surface area (Å²) < 4.78 is 7.24. The molecule has 0 saturated carbocycles. The Bertz CT molecular complexity index is 1290. The molecular formula is C27H23BrN3O2+. The van der Waals surface area contributed by atoms with E-state index in [9.17, 15) is 9.59 Å². The quantitative estimate of drug-likeness (QED) is 0.379. The third kappa shape index (κ3) is 3.49. The molecule has 6 heteroatoms. The van der Waals surface area contributed by atoms with E-state index < -0.39 is 0 Å². The van der Waals surface area contributed by atoms with E-state index in [1.807, 2.05) is 57.9 Å². The molecule has 0 amide bonds. The Balaban J connectivity index is 1.33. The van der Waals surface area contributed by atoms with Crippen LogP contribution in [-0.4, -0.2) is 20.7 Å². The van der Waals surface area contributed by atoms with Crippen LogP contribution in [0.1, 0.15) is 38.0 Å². The zero-order valence-electron chi connectivity index (χ0n) is 18.0. The molecule has 164 valence electrons. The van der Waals surface area contributed by atoms with Crippen LogP contribution in [0.15, 0.2) is 89.9 Å². The SMILES string of the molecule is O=C1c2cccn2C[C@H]1C(c1cc[n+](Cc2ccc(Br)cc2)cc1)[C@H]1Cn2cccc2C1=O. The molecule has 5 heterocycles. The maximum absolute atomic E-state index is 13.3. The van der Waals surface area contributed by atoms with Crippen LogP contribution in [0, 0.1) is 11.8 Å². The molecule has 0 radical (unpaired) electrons. The average molecular weight is 501 g/mol. The summed E-state index contributed by atoms with van der Waals surface area (Å²) in [5, 5.41) is 0. The second kappa shape index (κ2) is 7.96. The lowest BCUT2D eigenvalue weighted by molar-refractivity contribution is -0.688. The molecule has 3 aromatic heterocycles. The minimum Gasteiger partial charge on any atom is -0.344 e. The first-order valence-corrected chi connectivity index (χ1v) is 12.0. The Kier molecular flexibility index (Phi) is 4.91. The van der Waals surface area contributed by atoms with Crippen LogP contribution >= 0.6 is 15.9 Å². The minimum absolute atomic E-state index is 0.140. The van der Waals surface area contributed by atoms with Crippen LogP contribution in [0.25, 0.3) is 0 Å². The highest BCUT2D eigenvalue weighted by Crippen LogP contribution is 2.42. The number of halogens is 1.